The first-order valence-electron chi connectivity index (χ1n) is 10.1. The Morgan fingerprint density at radius 3 is 2.13 bits per heavy atom. The van der Waals surface area contributed by atoms with Crippen LogP contribution in [-0.2, 0) is 4.74 Å². The number of aromatic amines is 2. The van der Waals surface area contributed by atoms with E-state index in [0.29, 0.717) is 5.75 Å². The number of aryl methyl sites for hydroxylation is 1. The van der Waals surface area contributed by atoms with Crippen LogP contribution in [0.3, 0.4) is 0 Å². The summed E-state index contributed by atoms with van der Waals surface area (Å²) in [6.07, 6.45) is -2.79. The van der Waals surface area contributed by atoms with Crippen LogP contribution in [0.1, 0.15) is 5.56 Å². The predicted octanol–water partition coefficient (Wildman–Crippen LogP) is 1.82. The summed E-state index contributed by atoms with van der Waals surface area (Å²) in [6, 6.07) is 15.7. The van der Waals surface area contributed by atoms with Crippen molar-refractivity contribution in [2.75, 3.05) is 6.61 Å². The molecule has 1 fully saturated rings. The Bertz CT molecular complexity index is 1140. The first-order chi connectivity index (χ1) is 15.0. The van der Waals surface area contributed by atoms with Crippen molar-refractivity contribution in [2.24, 2.45) is 0 Å². The molecular formula is C23H26N2O6. The van der Waals surface area contributed by atoms with Crippen molar-refractivity contribution in [1.29, 1.82) is 0 Å². The molecule has 31 heavy (non-hydrogen) atoms. The van der Waals surface area contributed by atoms with Crippen LogP contribution in [0.15, 0.2) is 60.9 Å². The molecule has 0 spiro atoms. The number of hydrogen-bond acceptors (Lipinski definition) is 6. The van der Waals surface area contributed by atoms with Crippen molar-refractivity contribution in [1.82, 2.24) is 9.97 Å². The molecule has 5 rings (SSSR count). The summed E-state index contributed by atoms with van der Waals surface area (Å²) < 4.78 is 10.9. The predicted molar refractivity (Wildman–Crippen MR) is 116 cm³/mol. The number of rotatable bonds is 3. The van der Waals surface area contributed by atoms with Crippen molar-refractivity contribution in [3.05, 3.63) is 66.5 Å². The Hall–Kier alpha value is -2.88. The molecule has 1 aliphatic rings. The van der Waals surface area contributed by atoms with Gasteiger partial charge < -0.3 is 39.9 Å². The molecule has 4 aromatic rings. The van der Waals surface area contributed by atoms with E-state index in [-0.39, 0.29) is 0 Å². The molecule has 164 valence electrons. The summed E-state index contributed by atoms with van der Waals surface area (Å²) in [6.45, 7) is 1.62. The number of nitrogens with one attached hydrogen (secondary N) is 2. The summed E-state index contributed by atoms with van der Waals surface area (Å²) in [7, 11) is 0. The van der Waals surface area contributed by atoms with Crippen molar-refractivity contribution in [3.8, 4) is 5.75 Å². The number of fused-ring (bicyclic) bond motifs is 2. The van der Waals surface area contributed by atoms with Crippen molar-refractivity contribution >= 4 is 21.8 Å². The number of aromatic nitrogens is 2. The lowest BCUT2D eigenvalue weighted by Gasteiger charge is -2.39. The zero-order valence-electron chi connectivity index (χ0n) is 17.0. The molecule has 1 aliphatic heterocycles. The van der Waals surface area contributed by atoms with Gasteiger partial charge in [-0.15, -0.1) is 0 Å². The van der Waals surface area contributed by atoms with Crippen molar-refractivity contribution < 1.29 is 29.9 Å². The second-order valence-corrected chi connectivity index (χ2v) is 7.53. The van der Waals surface area contributed by atoms with Crippen LogP contribution < -0.4 is 4.74 Å². The van der Waals surface area contributed by atoms with Crippen LogP contribution in [0.25, 0.3) is 21.8 Å². The normalized spacial score (nSPS) is 25.9. The fourth-order valence-corrected chi connectivity index (χ4v) is 3.65. The molecule has 2 unspecified atom stereocenters. The SMILES string of the molecule is Cc1c[nH]c2ccccc12.OCC1O[C@@H](Oc2c[nH]c3ccccc23)C(O)[C@@H](O)[C@@H]1O. The van der Waals surface area contributed by atoms with Gasteiger partial charge in [0.25, 0.3) is 0 Å². The van der Waals surface area contributed by atoms with Gasteiger partial charge in [0.2, 0.25) is 6.29 Å². The van der Waals surface area contributed by atoms with E-state index < -0.39 is 37.3 Å². The highest BCUT2D eigenvalue weighted by Gasteiger charge is 2.44. The molecule has 8 nitrogen and oxygen atoms in total. The van der Waals surface area contributed by atoms with Crippen LogP contribution in [-0.4, -0.2) is 67.7 Å². The third-order valence-corrected chi connectivity index (χ3v) is 5.44. The number of H-pyrrole nitrogens is 2. The van der Waals surface area contributed by atoms with Crippen LogP contribution in [0.2, 0.25) is 0 Å². The molecule has 0 aliphatic carbocycles. The van der Waals surface area contributed by atoms with Crippen LogP contribution in [0.4, 0.5) is 0 Å². The van der Waals surface area contributed by atoms with Gasteiger partial charge in [0.15, 0.2) is 0 Å². The Morgan fingerprint density at radius 2 is 1.45 bits per heavy atom. The quantitative estimate of drug-likeness (QED) is 0.296. The minimum Gasteiger partial charge on any atom is -0.460 e. The van der Waals surface area contributed by atoms with E-state index >= 15 is 0 Å². The highest BCUT2D eigenvalue weighted by Crippen LogP contribution is 2.29. The maximum atomic E-state index is 9.94. The zero-order chi connectivity index (χ0) is 22.0. The van der Waals surface area contributed by atoms with Gasteiger partial charge in [0, 0.05) is 34.2 Å². The first-order valence-corrected chi connectivity index (χ1v) is 10.1. The number of aliphatic hydroxyl groups is 4. The Balaban J connectivity index is 0.000000192. The third kappa shape index (κ3) is 4.30. The topological polar surface area (TPSA) is 131 Å². The second-order valence-electron chi connectivity index (χ2n) is 7.53. The van der Waals surface area contributed by atoms with Crippen molar-refractivity contribution in [3.63, 3.8) is 0 Å². The van der Waals surface area contributed by atoms with Gasteiger partial charge in [-0.25, -0.2) is 0 Å². The molecule has 0 bridgehead atoms. The van der Waals surface area contributed by atoms with Gasteiger partial charge in [-0.1, -0.05) is 30.3 Å². The Kier molecular flexibility index (Phi) is 6.26. The standard InChI is InChI=1S/C14H17NO6.C9H9N/c16-6-10-11(17)12(18)13(19)14(21-10)20-9-5-15-8-4-2-1-3-7(8)9;1-7-6-10-9-5-3-2-4-8(7)9/h1-5,10-19H,6H2;2-6,10H,1H3/t10?,11-,12+,13?,14-;/m1./s1. The largest absolute Gasteiger partial charge is 0.460 e. The van der Waals surface area contributed by atoms with E-state index in [4.69, 9.17) is 14.6 Å². The number of hydrogen-bond donors (Lipinski definition) is 6. The van der Waals surface area contributed by atoms with E-state index in [1.807, 2.05) is 36.5 Å². The Labute approximate surface area is 178 Å². The fourth-order valence-electron chi connectivity index (χ4n) is 3.65. The molecule has 0 saturated carbocycles. The highest BCUT2D eigenvalue weighted by atomic mass is 16.7. The van der Waals surface area contributed by atoms with E-state index in [1.165, 1.54) is 16.5 Å². The van der Waals surface area contributed by atoms with Gasteiger partial charge in [-0.3, -0.25) is 0 Å². The summed E-state index contributed by atoms with van der Waals surface area (Å²) in [4.78, 5) is 6.20. The van der Waals surface area contributed by atoms with Crippen molar-refractivity contribution in [2.45, 2.75) is 37.6 Å². The minimum absolute atomic E-state index is 0.454. The van der Waals surface area contributed by atoms with E-state index in [2.05, 4.69) is 35.1 Å². The van der Waals surface area contributed by atoms with E-state index in [9.17, 15) is 15.3 Å². The summed E-state index contributed by atoms with van der Waals surface area (Å²) >= 11 is 0. The van der Waals surface area contributed by atoms with E-state index in [0.717, 1.165) is 10.9 Å². The Morgan fingerprint density at radius 1 is 0.839 bits per heavy atom. The smallest absolute Gasteiger partial charge is 0.229 e. The lowest BCUT2D eigenvalue weighted by Crippen LogP contribution is -2.60. The molecule has 6 N–H and O–H groups in total. The first kappa shape index (κ1) is 21.4. The molecular weight excluding hydrogens is 400 g/mol. The summed E-state index contributed by atoms with van der Waals surface area (Å²) in [5.41, 5.74) is 3.40. The highest BCUT2D eigenvalue weighted by molar-refractivity contribution is 5.86. The number of benzene rings is 2. The molecule has 2 aromatic heterocycles. The third-order valence-electron chi connectivity index (χ3n) is 5.44. The molecule has 8 heteroatoms. The van der Waals surface area contributed by atoms with Gasteiger partial charge >= 0.3 is 0 Å². The summed E-state index contributed by atoms with van der Waals surface area (Å²) in [5.74, 6) is 0.454. The maximum Gasteiger partial charge on any atom is 0.229 e. The lowest BCUT2D eigenvalue weighted by atomic mass is 9.99. The van der Waals surface area contributed by atoms with Gasteiger partial charge in [0.1, 0.15) is 30.2 Å². The van der Waals surface area contributed by atoms with Crippen LogP contribution >= 0.6 is 0 Å². The second kappa shape index (κ2) is 9.09. The minimum atomic E-state index is -1.45. The van der Waals surface area contributed by atoms with Gasteiger partial charge in [-0.05, 0) is 30.7 Å². The lowest BCUT2D eigenvalue weighted by molar-refractivity contribution is -0.277. The van der Waals surface area contributed by atoms with Crippen LogP contribution in [0.5, 0.6) is 5.75 Å². The number of aliphatic hydroxyl groups excluding tert-OH is 4. The number of ether oxygens (including phenoxy) is 2. The molecule has 3 heterocycles. The fraction of sp³-hybridized carbons (Fsp3) is 0.304. The monoisotopic (exact) mass is 426 g/mol. The molecule has 1 saturated heterocycles. The maximum absolute atomic E-state index is 9.94. The average Bonchev–Trinajstić information content (AvgIpc) is 3.38. The molecule has 2 aromatic carbocycles. The molecule has 0 radical (unpaired) electrons. The number of para-hydroxylation sites is 2. The van der Waals surface area contributed by atoms with Gasteiger partial charge in [-0.2, -0.15) is 0 Å². The molecule has 5 atom stereocenters. The van der Waals surface area contributed by atoms with Gasteiger partial charge in [0.05, 0.1) is 6.61 Å². The van der Waals surface area contributed by atoms with E-state index in [1.54, 1.807) is 6.20 Å². The molecule has 0 amide bonds. The zero-order valence-corrected chi connectivity index (χ0v) is 17.0. The average molecular weight is 426 g/mol. The summed E-state index contributed by atoms with van der Waals surface area (Å²) in [5, 5.41) is 40.7. The van der Waals surface area contributed by atoms with Crippen LogP contribution in [0, 0.1) is 6.92 Å².